The maximum absolute atomic E-state index is 13.6. The number of nitrogens with zero attached hydrogens (tertiary/aromatic N) is 4. The Balaban J connectivity index is 1.44. The van der Waals surface area contributed by atoms with Gasteiger partial charge in [-0.2, -0.15) is 0 Å². The summed E-state index contributed by atoms with van der Waals surface area (Å²) in [6.07, 6.45) is 1.06. The Morgan fingerprint density at radius 2 is 1.78 bits per heavy atom. The van der Waals surface area contributed by atoms with E-state index in [1.165, 1.54) is 5.56 Å². The molecule has 7 heteroatoms. The third kappa shape index (κ3) is 4.72. The number of carbonyl (C=O) groups is 2. The first-order valence-corrected chi connectivity index (χ1v) is 11.6. The van der Waals surface area contributed by atoms with E-state index in [1.54, 1.807) is 0 Å². The zero-order chi connectivity index (χ0) is 22.8. The highest BCUT2D eigenvalue weighted by Gasteiger charge is 2.37. The lowest BCUT2D eigenvalue weighted by Gasteiger charge is -2.41. The maximum Gasteiger partial charge on any atom is 0.245 e. The van der Waals surface area contributed by atoms with Gasteiger partial charge in [-0.25, -0.2) is 0 Å². The molecule has 1 fully saturated rings. The molecule has 2 aromatic rings. The van der Waals surface area contributed by atoms with Gasteiger partial charge in [0.15, 0.2) is 0 Å². The van der Waals surface area contributed by atoms with E-state index < -0.39 is 6.04 Å². The van der Waals surface area contributed by atoms with Gasteiger partial charge in [0.2, 0.25) is 11.8 Å². The van der Waals surface area contributed by atoms with Crippen LogP contribution in [0, 0.1) is 19.8 Å². The minimum atomic E-state index is -0.412. The number of aromatic nitrogens is 1. The van der Waals surface area contributed by atoms with Crippen LogP contribution >= 0.6 is 0 Å². The first-order chi connectivity index (χ1) is 15.3. The van der Waals surface area contributed by atoms with Crippen molar-refractivity contribution in [2.75, 3.05) is 26.2 Å². The van der Waals surface area contributed by atoms with Gasteiger partial charge in [-0.15, -0.1) is 0 Å². The molecule has 172 valence electrons. The van der Waals surface area contributed by atoms with E-state index >= 15 is 0 Å². The lowest BCUT2D eigenvalue weighted by molar-refractivity contribution is -0.148. The molecule has 3 heterocycles. The monoisotopic (exact) mass is 438 g/mol. The van der Waals surface area contributed by atoms with Crippen LogP contribution in [0.4, 0.5) is 0 Å². The van der Waals surface area contributed by atoms with Crippen LogP contribution in [-0.2, 0) is 29.1 Å². The second kappa shape index (κ2) is 9.45. The molecule has 7 nitrogen and oxygen atoms in total. The van der Waals surface area contributed by atoms with Crippen molar-refractivity contribution < 1.29 is 14.1 Å². The summed E-state index contributed by atoms with van der Waals surface area (Å²) in [6, 6.07) is 7.76. The summed E-state index contributed by atoms with van der Waals surface area (Å²) in [5.41, 5.74) is 4.40. The SMILES string of the molecule is Cc1noc(C)c1CN1CCN(C(=O)C2Cc3ccccc3CN2C(=O)CC(C)C)CC1. The van der Waals surface area contributed by atoms with E-state index in [0.29, 0.717) is 32.5 Å². The second-order valence-electron chi connectivity index (χ2n) is 9.51. The predicted octanol–water partition coefficient (Wildman–Crippen LogP) is 2.94. The second-order valence-corrected chi connectivity index (χ2v) is 9.51. The van der Waals surface area contributed by atoms with E-state index in [4.69, 9.17) is 4.52 Å². The molecule has 2 aliphatic rings. The fraction of sp³-hybridized carbons (Fsp3) is 0.560. The molecule has 2 aliphatic heterocycles. The predicted molar refractivity (Wildman–Crippen MR) is 122 cm³/mol. The number of hydrogen-bond acceptors (Lipinski definition) is 5. The van der Waals surface area contributed by atoms with Crippen LogP contribution in [0.15, 0.2) is 28.8 Å². The van der Waals surface area contributed by atoms with Gasteiger partial charge < -0.3 is 14.3 Å². The van der Waals surface area contributed by atoms with E-state index in [-0.39, 0.29) is 17.7 Å². The van der Waals surface area contributed by atoms with Crippen molar-refractivity contribution in [2.45, 2.75) is 59.7 Å². The molecule has 4 rings (SSSR count). The van der Waals surface area contributed by atoms with Crippen molar-refractivity contribution in [1.82, 2.24) is 19.9 Å². The highest BCUT2D eigenvalue weighted by atomic mass is 16.5. The van der Waals surface area contributed by atoms with E-state index in [9.17, 15) is 9.59 Å². The number of rotatable bonds is 5. The lowest BCUT2D eigenvalue weighted by Crippen LogP contribution is -2.57. The average Bonchev–Trinajstić information content (AvgIpc) is 3.10. The summed E-state index contributed by atoms with van der Waals surface area (Å²) < 4.78 is 5.29. The normalized spacial score (nSPS) is 19.3. The van der Waals surface area contributed by atoms with Gasteiger partial charge in [-0.1, -0.05) is 43.3 Å². The van der Waals surface area contributed by atoms with Crippen molar-refractivity contribution in [3.05, 3.63) is 52.4 Å². The van der Waals surface area contributed by atoms with Gasteiger partial charge in [0, 0.05) is 57.7 Å². The summed E-state index contributed by atoms with van der Waals surface area (Å²) in [5.74, 6) is 1.28. The van der Waals surface area contributed by atoms with Crippen molar-refractivity contribution in [3.63, 3.8) is 0 Å². The first-order valence-electron chi connectivity index (χ1n) is 11.6. The average molecular weight is 439 g/mol. The fourth-order valence-electron chi connectivity index (χ4n) is 4.76. The van der Waals surface area contributed by atoms with Crippen LogP contribution in [0.25, 0.3) is 0 Å². The Labute approximate surface area is 190 Å². The van der Waals surface area contributed by atoms with Crippen LogP contribution < -0.4 is 0 Å². The molecule has 1 aromatic heterocycles. The standard InChI is InChI=1S/C25H34N4O3/c1-17(2)13-24(30)29-15-21-8-6-5-7-20(21)14-23(29)25(31)28-11-9-27(10-12-28)16-22-18(3)26-32-19(22)4/h5-8,17,23H,9-16H2,1-4H3. The molecule has 1 unspecified atom stereocenters. The van der Waals surface area contributed by atoms with Crippen molar-refractivity contribution in [2.24, 2.45) is 5.92 Å². The lowest BCUT2D eigenvalue weighted by atomic mass is 9.92. The fourth-order valence-corrected chi connectivity index (χ4v) is 4.76. The number of aryl methyl sites for hydroxylation is 2. The summed E-state index contributed by atoms with van der Waals surface area (Å²) in [7, 11) is 0. The largest absolute Gasteiger partial charge is 0.361 e. The maximum atomic E-state index is 13.6. The highest BCUT2D eigenvalue weighted by molar-refractivity contribution is 5.88. The summed E-state index contributed by atoms with van der Waals surface area (Å²) in [4.78, 5) is 32.7. The molecule has 0 saturated carbocycles. The third-order valence-corrected chi connectivity index (χ3v) is 6.68. The molecule has 0 N–H and O–H groups in total. The Morgan fingerprint density at radius 1 is 1.09 bits per heavy atom. The minimum Gasteiger partial charge on any atom is -0.361 e. The van der Waals surface area contributed by atoms with Crippen molar-refractivity contribution in [3.8, 4) is 0 Å². The van der Waals surface area contributed by atoms with Crippen molar-refractivity contribution >= 4 is 11.8 Å². The zero-order valence-electron chi connectivity index (χ0n) is 19.6. The summed E-state index contributed by atoms with van der Waals surface area (Å²) >= 11 is 0. The van der Waals surface area contributed by atoms with Crippen LogP contribution in [0.2, 0.25) is 0 Å². The molecule has 0 aliphatic carbocycles. The smallest absolute Gasteiger partial charge is 0.245 e. The molecule has 2 amide bonds. The van der Waals surface area contributed by atoms with Gasteiger partial charge >= 0.3 is 0 Å². The molecule has 32 heavy (non-hydrogen) atoms. The number of fused-ring (bicyclic) bond motifs is 1. The van der Waals surface area contributed by atoms with Gasteiger partial charge in [-0.05, 0) is 30.9 Å². The van der Waals surface area contributed by atoms with Gasteiger partial charge in [0.05, 0.1) is 5.69 Å². The Kier molecular flexibility index (Phi) is 6.65. The summed E-state index contributed by atoms with van der Waals surface area (Å²) in [6.45, 7) is 12.3. The molecule has 0 bridgehead atoms. The quantitative estimate of drug-likeness (QED) is 0.718. The van der Waals surface area contributed by atoms with E-state index in [0.717, 1.165) is 42.2 Å². The Hall–Kier alpha value is -2.67. The minimum absolute atomic E-state index is 0.0740. The van der Waals surface area contributed by atoms with Crippen molar-refractivity contribution in [1.29, 1.82) is 0 Å². The van der Waals surface area contributed by atoms with Gasteiger partial charge in [0.25, 0.3) is 0 Å². The van der Waals surface area contributed by atoms with Gasteiger partial charge in [0.1, 0.15) is 11.8 Å². The number of hydrogen-bond donors (Lipinski definition) is 0. The third-order valence-electron chi connectivity index (χ3n) is 6.68. The first kappa shape index (κ1) is 22.5. The van der Waals surface area contributed by atoms with E-state index in [1.807, 2.05) is 49.6 Å². The van der Waals surface area contributed by atoms with Crippen LogP contribution in [0.1, 0.15) is 48.4 Å². The zero-order valence-corrected chi connectivity index (χ0v) is 19.6. The van der Waals surface area contributed by atoms with Crippen LogP contribution in [0.5, 0.6) is 0 Å². The molecular weight excluding hydrogens is 404 g/mol. The van der Waals surface area contributed by atoms with Crippen LogP contribution in [0.3, 0.4) is 0 Å². The molecular formula is C25H34N4O3. The number of carbonyl (C=O) groups excluding carboxylic acids is 2. The number of amides is 2. The van der Waals surface area contributed by atoms with E-state index in [2.05, 4.69) is 22.2 Å². The number of piperazine rings is 1. The van der Waals surface area contributed by atoms with Gasteiger partial charge in [-0.3, -0.25) is 14.5 Å². The Bertz CT molecular complexity index is 956. The topological polar surface area (TPSA) is 69.9 Å². The number of benzene rings is 1. The summed E-state index contributed by atoms with van der Waals surface area (Å²) in [5, 5.41) is 4.05. The Morgan fingerprint density at radius 3 is 2.41 bits per heavy atom. The van der Waals surface area contributed by atoms with Crippen LogP contribution in [-0.4, -0.2) is 63.9 Å². The highest BCUT2D eigenvalue weighted by Crippen LogP contribution is 2.26. The molecule has 1 atom stereocenters. The molecule has 0 radical (unpaired) electrons. The molecule has 1 saturated heterocycles. The molecule has 0 spiro atoms. The molecule has 1 aromatic carbocycles.